The second-order valence-corrected chi connectivity index (χ2v) is 5.50. The van der Waals surface area contributed by atoms with Gasteiger partial charge in [-0.2, -0.15) is 0 Å². The molecule has 0 bridgehead atoms. The van der Waals surface area contributed by atoms with Crippen LogP contribution in [0.2, 0.25) is 0 Å². The molecular weight excluding hydrogens is 208 g/mol. The van der Waals surface area contributed by atoms with Crippen LogP contribution in [0.25, 0.3) is 0 Å². The van der Waals surface area contributed by atoms with Gasteiger partial charge in [-0.3, -0.25) is 4.90 Å². The molecule has 1 aliphatic heterocycles. The molecule has 1 aromatic carbocycles. The van der Waals surface area contributed by atoms with Crippen LogP contribution in [0.5, 0.6) is 0 Å². The van der Waals surface area contributed by atoms with Crippen LogP contribution >= 0.6 is 0 Å². The number of benzene rings is 1. The lowest BCUT2D eigenvalue weighted by Gasteiger charge is -2.38. The summed E-state index contributed by atoms with van der Waals surface area (Å²) in [5.74, 6) is 0.689. The van der Waals surface area contributed by atoms with Crippen molar-refractivity contribution in [2.24, 2.45) is 5.92 Å². The van der Waals surface area contributed by atoms with Crippen LogP contribution in [0.4, 0.5) is 0 Å². The third-order valence-corrected chi connectivity index (χ3v) is 4.17. The lowest BCUT2D eigenvalue weighted by Crippen LogP contribution is -2.43. The molecule has 1 N–H and O–H groups in total. The van der Waals surface area contributed by atoms with E-state index < -0.39 is 0 Å². The quantitative estimate of drug-likeness (QED) is 0.862. The van der Waals surface area contributed by atoms with E-state index in [4.69, 9.17) is 0 Å². The van der Waals surface area contributed by atoms with Crippen molar-refractivity contribution in [1.82, 2.24) is 10.2 Å². The van der Waals surface area contributed by atoms with Crippen molar-refractivity contribution in [2.45, 2.75) is 39.4 Å². The summed E-state index contributed by atoms with van der Waals surface area (Å²) in [5, 5.41) is 3.52. The van der Waals surface area contributed by atoms with Gasteiger partial charge in [0, 0.05) is 25.2 Å². The van der Waals surface area contributed by atoms with Gasteiger partial charge in [0.05, 0.1) is 0 Å². The minimum absolute atomic E-state index is 0.511. The van der Waals surface area contributed by atoms with Crippen LogP contribution in [0, 0.1) is 5.92 Å². The van der Waals surface area contributed by atoms with Crippen molar-refractivity contribution >= 4 is 0 Å². The number of hydrogen-bond acceptors (Lipinski definition) is 2. The maximum atomic E-state index is 3.52. The smallest absolute Gasteiger partial charge is 0.0475 e. The Kier molecular flexibility index (Phi) is 3.85. The average molecular weight is 232 g/mol. The van der Waals surface area contributed by atoms with Crippen LogP contribution in [0.1, 0.15) is 37.9 Å². The predicted molar refractivity (Wildman–Crippen MR) is 73.0 cm³/mol. The van der Waals surface area contributed by atoms with Crippen LogP contribution in [0.15, 0.2) is 24.3 Å². The highest BCUT2D eigenvalue weighted by molar-refractivity contribution is 5.32. The molecule has 0 fully saturated rings. The molecule has 2 heteroatoms. The summed E-state index contributed by atoms with van der Waals surface area (Å²) in [6, 6.07) is 9.93. The molecule has 0 saturated carbocycles. The summed E-state index contributed by atoms with van der Waals surface area (Å²) in [6.07, 6.45) is 0. The van der Waals surface area contributed by atoms with E-state index in [2.05, 4.69) is 62.3 Å². The molecule has 2 nitrogen and oxygen atoms in total. The van der Waals surface area contributed by atoms with Crippen molar-refractivity contribution in [1.29, 1.82) is 0 Å². The van der Waals surface area contributed by atoms with Crippen molar-refractivity contribution in [3.05, 3.63) is 35.4 Å². The Morgan fingerprint density at radius 2 is 1.94 bits per heavy atom. The van der Waals surface area contributed by atoms with Gasteiger partial charge >= 0.3 is 0 Å². The fourth-order valence-electron chi connectivity index (χ4n) is 2.59. The molecule has 0 saturated heterocycles. The lowest BCUT2D eigenvalue weighted by atomic mass is 9.93. The number of nitrogens with one attached hydrogen (secondary N) is 1. The van der Waals surface area contributed by atoms with Gasteiger partial charge in [-0.15, -0.1) is 0 Å². The normalized spacial score (nSPS) is 21.6. The Balaban J connectivity index is 2.23. The molecule has 1 heterocycles. The Bertz CT molecular complexity index is 373. The second kappa shape index (κ2) is 5.19. The summed E-state index contributed by atoms with van der Waals surface area (Å²) in [5.41, 5.74) is 2.95. The molecule has 0 aromatic heterocycles. The monoisotopic (exact) mass is 232 g/mol. The van der Waals surface area contributed by atoms with Crippen molar-refractivity contribution < 1.29 is 0 Å². The molecule has 2 unspecified atom stereocenters. The number of hydrogen-bond donors (Lipinski definition) is 1. The van der Waals surface area contributed by atoms with Gasteiger partial charge in [0.15, 0.2) is 0 Å². The Morgan fingerprint density at radius 1 is 1.24 bits per heavy atom. The molecule has 2 rings (SSSR count). The number of fused-ring (bicyclic) bond motifs is 1. The zero-order valence-electron chi connectivity index (χ0n) is 11.4. The molecule has 17 heavy (non-hydrogen) atoms. The summed E-state index contributed by atoms with van der Waals surface area (Å²) in [4.78, 5) is 2.51. The van der Waals surface area contributed by atoms with Gasteiger partial charge < -0.3 is 5.32 Å². The molecule has 0 radical (unpaired) electrons. The molecule has 0 aliphatic carbocycles. The second-order valence-electron chi connectivity index (χ2n) is 5.50. The van der Waals surface area contributed by atoms with E-state index in [1.54, 1.807) is 0 Å². The molecule has 0 spiro atoms. The first kappa shape index (κ1) is 12.6. The lowest BCUT2D eigenvalue weighted by molar-refractivity contribution is 0.140. The topological polar surface area (TPSA) is 15.3 Å². The largest absolute Gasteiger partial charge is 0.311 e. The van der Waals surface area contributed by atoms with E-state index in [0.29, 0.717) is 18.0 Å². The van der Waals surface area contributed by atoms with Crippen LogP contribution in [0.3, 0.4) is 0 Å². The van der Waals surface area contributed by atoms with Crippen molar-refractivity contribution in [3.8, 4) is 0 Å². The van der Waals surface area contributed by atoms with Crippen LogP contribution < -0.4 is 5.32 Å². The van der Waals surface area contributed by atoms with E-state index in [1.807, 2.05) is 0 Å². The predicted octanol–water partition coefficient (Wildman–Crippen LogP) is 2.81. The van der Waals surface area contributed by atoms with E-state index >= 15 is 0 Å². The summed E-state index contributed by atoms with van der Waals surface area (Å²) in [6.45, 7) is 8.98. The van der Waals surface area contributed by atoms with Gasteiger partial charge in [0.1, 0.15) is 0 Å². The maximum Gasteiger partial charge on any atom is 0.0475 e. The minimum atomic E-state index is 0.511. The standard InChI is InChI=1S/C15H24N2/c1-11(2)12(3)17(4)15-10-16-9-13-7-5-6-8-14(13)15/h5-8,11-12,15-16H,9-10H2,1-4H3. The van der Waals surface area contributed by atoms with E-state index in [0.717, 1.165) is 13.1 Å². The van der Waals surface area contributed by atoms with Crippen molar-refractivity contribution in [2.75, 3.05) is 13.6 Å². The van der Waals surface area contributed by atoms with Gasteiger partial charge in [-0.1, -0.05) is 38.1 Å². The molecule has 0 amide bonds. The van der Waals surface area contributed by atoms with Gasteiger partial charge in [-0.05, 0) is 31.0 Å². The Labute approximate surface area is 105 Å². The Hall–Kier alpha value is -0.860. The van der Waals surface area contributed by atoms with E-state index in [9.17, 15) is 0 Å². The zero-order valence-corrected chi connectivity index (χ0v) is 11.4. The van der Waals surface area contributed by atoms with Gasteiger partial charge in [0.25, 0.3) is 0 Å². The molecular formula is C15H24N2. The minimum Gasteiger partial charge on any atom is -0.311 e. The van der Waals surface area contributed by atoms with E-state index in [1.165, 1.54) is 11.1 Å². The van der Waals surface area contributed by atoms with Gasteiger partial charge in [-0.25, -0.2) is 0 Å². The summed E-state index contributed by atoms with van der Waals surface area (Å²) in [7, 11) is 2.25. The van der Waals surface area contributed by atoms with Crippen LogP contribution in [-0.2, 0) is 6.54 Å². The fraction of sp³-hybridized carbons (Fsp3) is 0.600. The maximum absolute atomic E-state index is 3.52. The molecule has 94 valence electrons. The number of nitrogens with zero attached hydrogens (tertiary/aromatic N) is 1. The molecule has 2 atom stereocenters. The Morgan fingerprint density at radius 3 is 2.65 bits per heavy atom. The third-order valence-electron chi connectivity index (χ3n) is 4.17. The third kappa shape index (κ3) is 2.53. The summed E-state index contributed by atoms with van der Waals surface area (Å²) < 4.78 is 0. The highest BCUT2D eigenvalue weighted by Gasteiger charge is 2.26. The fourth-order valence-corrected chi connectivity index (χ4v) is 2.59. The first-order valence-corrected chi connectivity index (χ1v) is 6.61. The van der Waals surface area contributed by atoms with E-state index in [-0.39, 0.29) is 0 Å². The SMILES string of the molecule is CC(C)C(C)N(C)C1CNCc2ccccc21. The first-order valence-electron chi connectivity index (χ1n) is 6.61. The number of rotatable bonds is 3. The zero-order chi connectivity index (χ0) is 12.4. The molecule has 1 aliphatic rings. The number of likely N-dealkylation sites (N-methyl/N-ethyl adjacent to an activating group) is 1. The average Bonchev–Trinajstić information content (AvgIpc) is 2.36. The van der Waals surface area contributed by atoms with Crippen LogP contribution in [-0.4, -0.2) is 24.5 Å². The highest BCUT2D eigenvalue weighted by Crippen LogP contribution is 2.28. The molecule has 1 aromatic rings. The van der Waals surface area contributed by atoms with Crippen molar-refractivity contribution in [3.63, 3.8) is 0 Å². The first-order chi connectivity index (χ1) is 8.11. The summed E-state index contributed by atoms with van der Waals surface area (Å²) >= 11 is 0. The van der Waals surface area contributed by atoms with Gasteiger partial charge in [0.2, 0.25) is 0 Å². The highest BCUT2D eigenvalue weighted by atomic mass is 15.2.